The van der Waals surface area contributed by atoms with Gasteiger partial charge in [0, 0.05) is 6.08 Å². The third-order valence-electron chi connectivity index (χ3n) is 5.13. The summed E-state index contributed by atoms with van der Waals surface area (Å²) >= 11 is 0. The van der Waals surface area contributed by atoms with Gasteiger partial charge in [0.1, 0.15) is 19.8 Å². The van der Waals surface area contributed by atoms with Crippen LogP contribution in [0, 0.1) is 10.1 Å². The average molecular weight is 468 g/mol. The van der Waals surface area contributed by atoms with Crippen molar-refractivity contribution in [2.24, 2.45) is 0 Å². The van der Waals surface area contributed by atoms with Gasteiger partial charge in [0.2, 0.25) is 11.9 Å². The molecule has 0 bridgehead atoms. The van der Waals surface area contributed by atoms with E-state index < -0.39 is 4.92 Å². The molecular formula is C29H25NO5. The second-order valence-electron chi connectivity index (χ2n) is 7.77. The molecule has 0 radical (unpaired) electrons. The lowest BCUT2D eigenvalue weighted by atomic mass is 10.1. The first-order valence-electron chi connectivity index (χ1n) is 11.2. The van der Waals surface area contributed by atoms with E-state index in [9.17, 15) is 10.1 Å². The van der Waals surface area contributed by atoms with Gasteiger partial charge in [-0.3, -0.25) is 10.1 Å². The highest BCUT2D eigenvalue weighted by atomic mass is 16.6. The van der Waals surface area contributed by atoms with Crippen molar-refractivity contribution >= 4 is 6.08 Å². The van der Waals surface area contributed by atoms with Crippen LogP contribution < -0.4 is 14.2 Å². The average Bonchev–Trinajstić information content (AvgIpc) is 2.90. The van der Waals surface area contributed by atoms with Crippen molar-refractivity contribution in [3.05, 3.63) is 142 Å². The summed E-state index contributed by atoms with van der Waals surface area (Å²) < 4.78 is 18.5. The van der Waals surface area contributed by atoms with Crippen molar-refractivity contribution in [3.63, 3.8) is 0 Å². The smallest absolute Gasteiger partial charge is 0.235 e. The number of rotatable bonds is 11. The fourth-order valence-corrected chi connectivity index (χ4v) is 3.40. The maximum absolute atomic E-state index is 10.9. The van der Waals surface area contributed by atoms with Crippen molar-refractivity contribution in [2.45, 2.75) is 19.8 Å². The summed E-state index contributed by atoms with van der Waals surface area (Å²) in [5.74, 6) is 1.33. The van der Waals surface area contributed by atoms with E-state index in [4.69, 9.17) is 14.2 Å². The summed E-state index contributed by atoms with van der Waals surface area (Å²) in [5, 5.41) is 10.9. The van der Waals surface area contributed by atoms with Gasteiger partial charge in [-0.25, -0.2) is 0 Å². The maximum atomic E-state index is 10.9. The molecule has 4 aromatic carbocycles. The highest BCUT2D eigenvalue weighted by Gasteiger charge is 2.16. The Labute approximate surface area is 204 Å². The minimum atomic E-state index is -0.505. The predicted molar refractivity (Wildman–Crippen MR) is 135 cm³/mol. The Kier molecular flexibility index (Phi) is 8.11. The van der Waals surface area contributed by atoms with Crippen LogP contribution in [-0.4, -0.2) is 4.92 Å². The summed E-state index contributed by atoms with van der Waals surface area (Å²) in [6, 6.07) is 32.7. The minimum Gasteiger partial charge on any atom is -0.485 e. The molecule has 0 spiro atoms. The van der Waals surface area contributed by atoms with Crippen LogP contribution in [-0.2, 0) is 19.8 Å². The fourth-order valence-electron chi connectivity index (χ4n) is 3.40. The third-order valence-corrected chi connectivity index (χ3v) is 5.13. The monoisotopic (exact) mass is 467 g/mol. The van der Waals surface area contributed by atoms with Gasteiger partial charge in [-0.05, 0) is 34.4 Å². The third kappa shape index (κ3) is 7.20. The topological polar surface area (TPSA) is 70.8 Å². The van der Waals surface area contributed by atoms with Crippen LogP contribution in [0.25, 0.3) is 6.08 Å². The molecule has 0 heterocycles. The lowest BCUT2D eigenvalue weighted by Crippen LogP contribution is -2.04. The molecule has 0 aliphatic carbocycles. The number of nitro groups is 1. The van der Waals surface area contributed by atoms with Crippen LogP contribution in [0.1, 0.15) is 22.3 Å². The van der Waals surface area contributed by atoms with Gasteiger partial charge in [0.05, 0.1) is 4.92 Å². The molecule has 0 atom stereocenters. The Bertz CT molecular complexity index is 1190. The quantitative estimate of drug-likeness (QED) is 0.182. The minimum absolute atomic E-state index is 0.309. The SMILES string of the molecule is O=[N+]([O-])C=Cc1cc(OCc2ccccc2)c(OCc2ccccc2)c(OCc2ccccc2)c1. The molecule has 0 aromatic heterocycles. The predicted octanol–water partition coefficient (Wildman–Crippen LogP) is 6.67. The zero-order chi connectivity index (χ0) is 24.3. The van der Waals surface area contributed by atoms with Crippen LogP contribution >= 0.6 is 0 Å². The van der Waals surface area contributed by atoms with E-state index in [2.05, 4.69) is 0 Å². The van der Waals surface area contributed by atoms with Gasteiger partial charge < -0.3 is 14.2 Å². The van der Waals surface area contributed by atoms with Gasteiger partial charge in [-0.1, -0.05) is 91.0 Å². The summed E-state index contributed by atoms with van der Waals surface area (Å²) in [4.78, 5) is 10.4. The standard InChI is InChI=1S/C29H25NO5/c31-30(32)17-16-26-18-27(33-20-23-10-4-1-5-11-23)29(35-22-25-14-8-3-9-15-25)28(19-26)34-21-24-12-6-2-7-13-24/h1-19H,20-22H2. The zero-order valence-electron chi connectivity index (χ0n) is 19.1. The number of nitrogens with zero attached hydrogens (tertiary/aromatic N) is 1. The summed E-state index contributed by atoms with van der Waals surface area (Å²) in [5.41, 5.74) is 3.53. The van der Waals surface area contributed by atoms with Gasteiger partial charge in [0.25, 0.3) is 0 Å². The van der Waals surface area contributed by atoms with E-state index in [0.717, 1.165) is 22.9 Å². The Morgan fingerprint density at radius 1 is 0.629 bits per heavy atom. The van der Waals surface area contributed by atoms with E-state index in [1.807, 2.05) is 91.0 Å². The molecule has 0 aliphatic rings. The Balaban J connectivity index is 1.68. The van der Waals surface area contributed by atoms with Crippen LogP contribution in [0.2, 0.25) is 0 Å². The molecule has 6 heteroatoms. The van der Waals surface area contributed by atoms with Gasteiger partial charge in [0.15, 0.2) is 11.5 Å². The lowest BCUT2D eigenvalue weighted by molar-refractivity contribution is -0.400. The molecule has 0 unspecified atom stereocenters. The van der Waals surface area contributed by atoms with Crippen molar-refractivity contribution in [1.29, 1.82) is 0 Å². The van der Waals surface area contributed by atoms with E-state index in [1.165, 1.54) is 6.08 Å². The van der Waals surface area contributed by atoms with E-state index in [-0.39, 0.29) is 0 Å². The van der Waals surface area contributed by atoms with Crippen LogP contribution in [0.15, 0.2) is 109 Å². The molecule has 0 N–H and O–H groups in total. The Hall–Kier alpha value is -4.58. The summed E-state index contributed by atoms with van der Waals surface area (Å²) in [7, 11) is 0. The van der Waals surface area contributed by atoms with Crippen LogP contribution in [0.5, 0.6) is 17.2 Å². The zero-order valence-corrected chi connectivity index (χ0v) is 19.1. The normalized spacial score (nSPS) is 10.7. The van der Waals surface area contributed by atoms with E-state index in [0.29, 0.717) is 42.6 Å². The first-order chi connectivity index (χ1) is 17.2. The Morgan fingerprint density at radius 2 is 1.03 bits per heavy atom. The molecule has 6 nitrogen and oxygen atoms in total. The van der Waals surface area contributed by atoms with Crippen molar-refractivity contribution in [3.8, 4) is 17.2 Å². The van der Waals surface area contributed by atoms with Gasteiger partial charge in [-0.15, -0.1) is 0 Å². The molecule has 176 valence electrons. The molecule has 4 rings (SSSR count). The van der Waals surface area contributed by atoms with Gasteiger partial charge >= 0.3 is 0 Å². The number of hydrogen-bond acceptors (Lipinski definition) is 5. The van der Waals surface area contributed by atoms with Crippen molar-refractivity contribution in [2.75, 3.05) is 0 Å². The van der Waals surface area contributed by atoms with E-state index in [1.54, 1.807) is 12.1 Å². The molecule has 0 aliphatic heterocycles. The van der Waals surface area contributed by atoms with Crippen molar-refractivity contribution < 1.29 is 19.1 Å². The molecule has 0 saturated heterocycles. The van der Waals surface area contributed by atoms with Crippen LogP contribution in [0.4, 0.5) is 0 Å². The largest absolute Gasteiger partial charge is 0.485 e. The highest BCUT2D eigenvalue weighted by molar-refractivity contribution is 5.62. The first kappa shape index (κ1) is 23.6. The van der Waals surface area contributed by atoms with Gasteiger partial charge in [-0.2, -0.15) is 0 Å². The first-order valence-corrected chi connectivity index (χ1v) is 11.2. The van der Waals surface area contributed by atoms with E-state index >= 15 is 0 Å². The van der Waals surface area contributed by atoms with Crippen LogP contribution in [0.3, 0.4) is 0 Å². The highest BCUT2D eigenvalue weighted by Crippen LogP contribution is 2.40. The molecular weight excluding hydrogens is 442 g/mol. The summed E-state index contributed by atoms with van der Waals surface area (Å²) in [6.45, 7) is 0.931. The molecule has 0 saturated carbocycles. The molecule has 4 aromatic rings. The second-order valence-corrected chi connectivity index (χ2v) is 7.77. The number of ether oxygens (including phenoxy) is 3. The molecule has 35 heavy (non-hydrogen) atoms. The van der Waals surface area contributed by atoms with Crippen molar-refractivity contribution in [1.82, 2.24) is 0 Å². The fraction of sp³-hybridized carbons (Fsp3) is 0.103. The molecule has 0 amide bonds. The molecule has 0 fully saturated rings. The summed E-state index contributed by atoms with van der Waals surface area (Å²) in [6.07, 6.45) is 2.30. The maximum Gasteiger partial charge on any atom is 0.235 e. The number of benzene rings is 4. The Morgan fingerprint density at radius 3 is 1.43 bits per heavy atom. The number of hydrogen-bond donors (Lipinski definition) is 0. The lowest BCUT2D eigenvalue weighted by Gasteiger charge is -2.18. The second kappa shape index (κ2) is 12.0.